The van der Waals surface area contributed by atoms with Crippen LogP contribution < -0.4 is 0 Å². The summed E-state index contributed by atoms with van der Waals surface area (Å²) in [6.07, 6.45) is 18.8. The molecule has 13 rings (SSSR count). The minimum Gasteiger partial charge on any atom is -0.307 e. The van der Waals surface area contributed by atoms with E-state index in [0.29, 0.717) is 31.1 Å². The SMILES string of the molecule is CC(C)(C)c1ccc(C(C)(C)C)cc1.CC(C)(C)c1cccc2ccccc12.CC(C)C12CC(C1)C2.CC(C)C1CCC1.CC(C)N(C)C.CC(C)N1CC(C)(F)C1.CC(C)N1CCC1.CC(C)N1CCCC1.CC(C)N1CCCCC1.CC(C)c1ccc(C(C)(C)C)cc1.CCc1ccc(C(C)(C)C)cc1. The number of piperidine rings is 1. The number of hydrogen-bond donors (Lipinski definition) is 0. The van der Waals surface area contributed by atoms with Crippen LogP contribution in [0.5, 0.6) is 0 Å². The molecule has 0 amide bonds. The minimum absolute atomic E-state index is 0.223. The van der Waals surface area contributed by atoms with Gasteiger partial charge in [-0.15, -0.1) is 0 Å². The Hall–Kier alpha value is -3.91. The first kappa shape index (κ1) is 99.2. The van der Waals surface area contributed by atoms with Crippen LogP contribution in [0.4, 0.5) is 4.39 Å². The van der Waals surface area contributed by atoms with Gasteiger partial charge in [-0.2, -0.15) is 0 Å². The molecule has 4 saturated carbocycles. The van der Waals surface area contributed by atoms with Crippen LogP contribution in [0, 0.1) is 29.1 Å². The fourth-order valence-electron chi connectivity index (χ4n) is 14.0. The highest BCUT2D eigenvalue weighted by molar-refractivity contribution is 5.86. The maximum Gasteiger partial charge on any atom is 0.133 e. The molecule has 0 atom stereocenters. The van der Waals surface area contributed by atoms with Crippen LogP contribution >= 0.6 is 0 Å². The minimum atomic E-state index is -0.899. The number of aryl methyl sites for hydroxylation is 1. The number of nitrogens with zero attached hydrogens (tertiary/aromatic N) is 5. The third-order valence-electron chi connectivity index (χ3n) is 23.7. The highest BCUT2D eigenvalue weighted by Gasteiger charge is 2.57. The zero-order valence-corrected chi connectivity index (χ0v) is 77.2. The normalized spacial score (nSPS) is 19.3. The molecule has 107 heavy (non-hydrogen) atoms. The quantitative estimate of drug-likeness (QED) is 0.146. The maximum atomic E-state index is 12.8. The van der Waals surface area contributed by atoms with Crippen molar-refractivity contribution in [2.75, 3.05) is 66.5 Å². The van der Waals surface area contributed by atoms with E-state index in [-0.39, 0.29) is 27.1 Å². The van der Waals surface area contributed by atoms with E-state index in [2.05, 4.69) is 375 Å². The Balaban J connectivity index is 0.000000404. The third kappa shape index (κ3) is 37.5. The lowest BCUT2D eigenvalue weighted by atomic mass is 9.41. The van der Waals surface area contributed by atoms with Crippen LogP contribution in [0.2, 0.25) is 0 Å². The molecule has 4 aliphatic carbocycles. The average Bonchev–Trinajstić information content (AvgIpc) is 0.852. The summed E-state index contributed by atoms with van der Waals surface area (Å²) in [6, 6.07) is 45.5. The molecule has 5 aromatic rings. The number of benzene rings is 5. The molecular formula is C101H176FN5. The van der Waals surface area contributed by atoms with E-state index in [4.69, 9.17) is 0 Å². The molecule has 5 nitrogen and oxygen atoms in total. The first-order valence-electron chi connectivity index (χ1n) is 43.5. The maximum absolute atomic E-state index is 12.8. The van der Waals surface area contributed by atoms with Gasteiger partial charge in [-0.05, 0) is 299 Å². The molecule has 8 fully saturated rings. The first-order chi connectivity index (χ1) is 49.3. The molecule has 8 aliphatic rings. The second-order valence-corrected chi connectivity index (χ2v) is 41.1. The zero-order valence-electron chi connectivity index (χ0n) is 77.2. The summed E-state index contributed by atoms with van der Waals surface area (Å²) in [7, 11) is 4.15. The zero-order chi connectivity index (χ0) is 81.6. The number of fused-ring (bicyclic) bond motifs is 1. The predicted molar refractivity (Wildman–Crippen MR) is 480 cm³/mol. The van der Waals surface area contributed by atoms with E-state index in [1.807, 2.05) is 0 Å². The monoisotopic (exact) mass is 1480 g/mol. The van der Waals surface area contributed by atoms with E-state index in [0.717, 1.165) is 53.6 Å². The summed E-state index contributed by atoms with van der Waals surface area (Å²) in [5.74, 6) is 4.80. The Morgan fingerprint density at radius 1 is 0.411 bits per heavy atom. The highest BCUT2D eigenvalue weighted by Crippen LogP contribution is 2.68. The summed E-state index contributed by atoms with van der Waals surface area (Å²) in [5.41, 5.74) is 11.2. The lowest BCUT2D eigenvalue weighted by molar-refractivity contribution is -0.141. The summed E-state index contributed by atoms with van der Waals surface area (Å²) in [5, 5.41) is 2.71. The van der Waals surface area contributed by atoms with Gasteiger partial charge in [0, 0.05) is 43.3 Å². The van der Waals surface area contributed by atoms with Gasteiger partial charge in [0.1, 0.15) is 5.67 Å². The Labute approximate surface area is 666 Å². The van der Waals surface area contributed by atoms with Crippen molar-refractivity contribution in [3.63, 3.8) is 0 Å². The Morgan fingerprint density at radius 2 is 0.748 bits per heavy atom. The Bertz CT molecular complexity index is 3000. The molecule has 5 aromatic carbocycles. The lowest BCUT2D eigenvalue weighted by Gasteiger charge is -2.64. The van der Waals surface area contributed by atoms with Gasteiger partial charge in [-0.1, -0.05) is 293 Å². The molecule has 0 unspecified atom stereocenters. The van der Waals surface area contributed by atoms with Crippen LogP contribution in [-0.2, 0) is 33.5 Å². The van der Waals surface area contributed by atoms with Crippen molar-refractivity contribution in [2.24, 2.45) is 29.1 Å². The van der Waals surface area contributed by atoms with E-state index in [9.17, 15) is 4.39 Å². The lowest BCUT2D eigenvalue weighted by Crippen LogP contribution is -2.59. The molecule has 0 aromatic heterocycles. The van der Waals surface area contributed by atoms with Crippen LogP contribution in [0.1, 0.15) is 350 Å². The number of rotatable bonds is 9. The fraction of sp³-hybridized carbons (Fsp3) is 0.723. The average molecular weight is 1480 g/mol. The van der Waals surface area contributed by atoms with Gasteiger partial charge in [0.15, 0.2) is 0 Å². The second kappa shape index (κ2) is 46.3. The van der Waals surface area contributed by atoms with E-state index in [1.54, 1.807) is 26.2 Å². The van der Waals surface area contributed by atoms with Crippen molar-refractivity contribution in [1.82, 2.24) is 24.5 Å². The van der Waals surface area contributed by atoms with Gasteiger partial charge in [0.2, 0.25) is 0 Å². The number of likely N-dealkylation sites (tertiary alicyclic amines) is 4. The number of hydrogen-bond acceptors (Lipinski definition) is 5. The second-order valence-electron chi connectivity index (χ2n) is 41.1. The summed E-state index contributed by atoms with van der Waals surface area (Å²) in [4.78, 5) is 11.9. The predicted octanol–water partition coefficient (Wildman–Crippen LogP) is 27.8. The van der Waals surface area contributed by atoms with Crippen molar-refractivity contribution >= 4 is 10.8 Å². The van der Waals surface area contributed by atoms with Crippen LogP contribution in [0.25, 0.3) is 10.8 Å². The van der Waals surface area contributed by atoms with Crippen molar-refractivity contribution in [3.05, 3.63) is 154 Å². The molecule has 0 N–H and O–H groups in total. The molecule has 4 saturated heterocycles. The van der Waals surface area contributed by atoms with Gasteiger partial charge >= 0.3 is 0 Å². The highest BCUT2D eigenvalue weighted by atomic mass is 19.1. The topological polar surface area (TPSA) is 16.2 Å². The Kier molecular flexibility index (Phi) is 42.9. The molecule has 2 bridgehead atoms. The fourth-order valence-corrected chi connectivity index (χ4v) is 14.0. The van der Waals surface area contributed by atoms with Crippen LogP contribution in [0.15, 0.2) is 115 Å². The largest absolute Gasteiger partial charge is 0.307 e. The van der Waals surface area contributed by atoms with E-state index < -0.39 is 5.67 Å². The molecule has 612 valence electrons. The number of alkyl halides is 1. The smallest absolute Gasteiger partial charge is 0.133 e. The molecular weight excluding hydrogens is 1300 g/mol. The van der Waals surface area contributed by atoms with Gasteiger partial charge in [-0.25, -0.2) is 4.39 Å². The van der Waals surface area contributed by atoms with Crippen molar-refractivity contribution in [3.8, 4) is 0 Å². The van der Waals surface area contributed by atoms with Crippen molar-refractivity contribution in [1.29, 1.82) is 0 Å². The van der Waals surface area contributed by atoms with Crippen LogP contribution in [0.3, 0.4) is 0 Å². The third-order valence-corrected chi connectivity index (χ3v) is 23.7. The van der Waals surface area contributed by atoms with Gasteiger partial charge < -0.3 is 19.6 Å². The standard InChI is InChI=1S/C14H16.C14H22.C13H20.C12H18.C8H17N.C8H14.C7H14FN.C7H15N.C7H14.C6H13N.C5H13N/c1-14(2,3)13-10-6-8-11-7-4-5-9-12(11)13;1-13(2,3)11-7-9-12(10-8-11)14(4,5)6;1-10(2)11-6-8-12(9-7-11)13(3,4)5;1-5-10-6-8-11(9-7-10)12(2,3)4;1-8(2)9-6-4-3-5-7-9;1-6(2)8-3-7(4-8)5-8;1-6(2)9-4-7(3,8)5-9;1-7(2)8-5-3-4-6-8;2*1-6(2)7-4-3-5-7;1-5(2)6(3)4/h4-10H,1-3H3;7-10H,1-6H3;6-10H,1-5H3;6-9H,5H2,1-4H3;8H,3-7H2,1-2H3;6-7H,3-5H2,1-2H3;6H,4-5H2,1-3H3;7H,3-6H2,1-2H3;6-7H,3-5H2,1-2H3;6H,3-5H2,1-2H3;5H,1-4H3. The van der Waals surface area contributed by atoms with Gasteiger partial charge in [-0.3, -0.25) is 4.90 Å². The van der Waals surface area contributed by atoms with Gasteiger partial charge in [0.05, 0.1) is 0 Å². The van der Waals surface area contributed by atoms with Crippen molar-refractivity contribution in [2.45, 2.75) is 381 Å². The molecule has 6 heteroatoms. The number of halogens is 1. The molecule has 4 aliphatic heterocycles. The first-order valence-corrected chi connectivity index (χ1v) is 43.5. The summed E-state index contributed by atoms with van der Waals surface area (Å²) in [6.45, 7) is 82.8. The van der Waals surface area contributed by atoms with Gasteiger partial charge in [0.25, 0.3) is 0 Å². The molecule has 0 radical (unpaired) electrons. The summed E-state index contributed by atoms with van der Waals surface area (Å²) < 4.78 is 12.8. The van der Waals surface area contributed by atoms with Crippen LogP contribution in [-0.4, -0.2) is 127 Å². The van der Waals surface area contributed by atoms with E-state index in [1.165, 1.54) is 147 Å². The van der Waals surface area contributed by atoms with E-state index >= 15 is 0 Å². The molecule has 4 heterocycles. The summed E-state index contributed by atoms with van der Waals surface area (Å²) >= 11 is 0. The molecule has 0 spiro atoms. The van der Waals surface area contributed by atoms with Crippen molar-refractivity contribution < 1.29 is 4.39 Å². The Morgan fingerprint density at radius 3 is 0.963 bits per heavy atom.